The number of methoxy groups -OCH3 is 1. The van der Waals surface area contributed by atoms with Gasteiger partial charge in [0, 0.05) is 20.3 Å². The second kappa shape index (κ2) is 6.38. The van der Waals surface area contributed by atoms with Gasteiger partial charge in [0.05, 0.1) is 13.2 Å². The minimum Gasteiger partial charge on any atom is -0.385 e. The van der Waals surface area contributed by atoms with Gasteiger partial charge in [0.2, 0.25) is 0 Å². The van der Waals surface area contributed by atoms with Crippen LogP contribution in [0.25, 0.3) is 0 Å². The zero-order valence-corrected chi connectivity index (χ0v) is 9.38. The van der Waals surface area contributed by atoms with Crippen LogP contribution in [0.2, 0.25) is 0 Å². The SMILES string of the molecule is COCCCCCCOCC1(C)CO1. The number of rotatable bonds is 9. The van der Waals surface area contributed by atoms with E-state index in [1.807, 2.05) is 0 Å². The van der Waals surface area contributed by atoms with Crippen molar-refractivity contribution < 1.29 is 14.2 Å². The van der Waals surface area contributed by atoms with E-state index >= 15 is 0 Å². The third-order valence-corrected chi connectivity index (χ3v) is 2.43. The summed E-state index contributed by atoms with van der Waals surface area (Å²) in [6.07, 6.45) is 4.79. The Balaban J connectivity index is 1.72. The lowest BCUT2D eigenvalue weighted by atomic mass is 10.2. The molecule has 1 aliphatic heterocycles. The molecule has 3 heteroatoms. The van der Waals surface area contributed by atoms with Crippen LogP contribution in [0.5, 0.6) is 0 Å². The summed E-state index contributed by atoms with van der Waals surface area (Å²) in [6, 6.07) is 0. The molecule has 0 aliphatic carbocycles. The van der Waals surface area contributed by atoms with Crippen molar-refractivity contribution in [3.63, 3.8) is 0 Å². The monoisotopic (exact) mass is 202 g/mol. The maximum absolute atomic E-state index is 5.51. The molecule has 0 spiro atoms. The van der Waals surface area contributed by atoms with Gasteiger partial charge in [-0.2, -0.15) is 0 Å². The summed E-state index contributed by atoms with van der Waals surface area (Å²) in [4.78, 5) is 0. The molecular formula is C11H22O3. The first-order valence-electron chi connectivity index (χ1n) is 5.47. The van der Waals surface area contributed by atoms with Gasteiger partial charge in [0.15, 0.2) is 0 Å². The highest BCUT2D eigenvalue weighted by molar-refractivity contribution is 4.86. The zero-order valence-electron chi connectivity index (χ0n) is 9.38. The van der Waals surface area contributed by atoms with Crippen LogP contribution in [0.15, 0.2) is 0 Å². The normalized spacial score (nSPS) is 25.3. The van der Waals surface area contributed by atoms with E-state index < -0.39 is 0 Å². The van der Waals surface area contributed by atoms with E-state index in [1.54, 1.807) is 7.11 Å². The summed E-state index contributed by atoms with van der Waals surface area (Å²) in [5, 5.41) is 0. The Hall–Kier alpha value is -0.120. The topological polar surface area (TPSA) is 31.0 Å². The third kappa shape index (κ3) is 5.58. The van der Waals surface area contributed by atoms with Crippen molar-refractivity contribution in [1.82, 2.24) is 0 Å². The largest absolute Gasteiger partial charge is 0.385 e. The van der Waals surface area contributed by atoms with Gasteiger partial charge < -0.3 is 14.2 Å². The molecule has 1 atom stereocenters. The summed E-state index contributed by atoms with van der Waals surface area (Å²) in [5.41, 5.74) is 0.0516. The molecule has 0 radical (unpaired) electrons. The number of epoxide rings is 1. The van der Waals surface area contributed by atoms with Gasteiger partial charge in [0.25, 0.3) is 0 Å². The van der Waals surface area contributed by atoms with Crippen LogP contribution in [-0.4, -0.2) is 39.1 Å². The molecule has 1 unspecified atom stereocenters. The van der Waals surface area contributed by atoms with Gasteiger partial charge in [-0.25, -0.2) is 0 Å². The maximum atomic E-state index is 5.51. The number of hydrogen-bond acceptors (Lipinski definition) is 3. The van der Waals surface area contributed by atoms with Crippen LogP contribution in [0.3, 0.4) is 0 Å². The minimum absolute atomic E-state index is 0.0516. The highest BCUT2D eigenvalue weighted by Crippen LogP contribution is 2.25. The van der Waals surface area contributed by atoms with E-state index in [0.29, 0.717) is 0 Å². The Morgan fingerprint density at radius 1 is 1.14 bits per heavy atom. The Bertz CT molecular complexity index is 143. The average Bonchev–Trinajstić information content (AvgIpc) is 2.89. The van der Waals surface area contributed by atoms with Crippen LogP contribution in [0.1, 0.15) is 32.6 Å². The Labute approximate surface area is 86.7 Å². The van der Waals surface area contributed by atoms with Gasteiger partial charge in [-0.1, -0.05) is 12.8 Å². The van der Waals surface area contributed by atoms with E-state index in [9.17, 15) is 0 Å². The zero-order chi connectivity index (χ0) is 10.3. The third-order valence-electron chi connectivity index (χ3n) is 2.43. The lowest BCUT2D eigenvalue weighted by Crippen LogP contribution is -2.14. The van der Waals surface area contributed by atoms with Gasteiger partial charge in [-0.05, 0) is 19.8 Å². The van der Waals surface area contributed by atoms with Crippen LogP contribution >= 0.6 is 0 Å². The smallest absolute Gasteiger partial charge is 0.112 e. The fraction of sp³-hybridized carbons (Fsp3) is 1.00. The fourth-order valence-corrected chi connectivity index (χ4v) is 1.30. The first-order valence-corrected chi connectivity index (χ1v) is 5.47. The van der Waals surface area contributed by atoms with Crippen LogP contribution in [-0.2, 0) is 14.2 Å². The summed E-state index contributed by atoms with van der Waals surface area (Å²) in [7, 11) is 1.75. The molecule has 1 saturated heterocycles. The van der Waals surface area contributed by atoms with Crippen LogP contribution in [0.4, 0.5) is 0 Å². The van der Waals surface area contributed by atoms with Crippen molar-refractivity contribution in [2.24, 2.45) is 0 Å². The van der Waals surface area contributed by atoms with Gasteiger partial charge in [-0.3, -0.25) is 0 Å². The predicted molar refractivity (Wildman–Crippen MR) is 55.5 cm³/mol. The first kappa shape index (κ1) is 12.0. The summed E-state index contributed by atoms with van der Waals surface area (Å²) in [6.45, 7) is 5.45. The van der Waals surface area contributed by atoms with E-state index in [1.165, 1.54) is 12.8 Å². The van der Waals surface area contributed by atoms with E-state index in [4.69, 9.17) is 14.2 Å². The summed E-state index contributed by atoms with van der Waals surface area (Å²) >= 11 is 0. The predicted octanol–water partition coefficient (Wildman–Crippen LogP) is 2.00. The molecule has 84 valence electrons. The van der Waals surface area contributed by atoms with Crippen molar-refractivity contribution in [2.45, 2.75) is 38.2 Å². The molecule has 0 N–H and O–H groups in total. The first-order chi connectivity index (χ1) is 6.77. The highest BCUT2D eigenvalue weighted by atomic mass is 16.6. The average molecular weight is 202 g/mol. The Morgan fingerprint density at radius 2 is 1.79 bits per heavy atom. The van der Waals surface area contributed by atoms with Crippen LogP contribution < -0.4 is 0 Å². The van der Waals surface area contributed by atoms with E-state index in [-0.39, 0.29) is 5.60 Å². The molecule has 1 rings (SSSR count). The van der Waals surface area contributed by atoms with Crippen molar-refractivity contribution in [3.05, 3.63) is 0 Å². The van der Waals surface area contributed by atoms with Crippen molar-refractivity contribution >= 4 is 0 Å². The molecule has 0 aromatic carbocycles. The molecule has 1 heterocycles. The second-order valence-corrected chi connectivity index (χ2v) is 4.20. The number of unbranched alkanes of at least 4 members (excludes halogenated alkanes) is 3. The molecule has 1 fully saturated rings. The van der Waals surface area contributed by atoms with Gasteiger partial charge >= 0.3 is 0 Å². The molecule has 3 nitrogen and oxygen atoms in total. The Morgan fingerprint density at radius 3 is 2.36 bits per heavy atom. The van der Waals surface area contributed by atoms with E-state index in [2.05, 4.69) is 6.92 Å². The molecule has 0 aromatic rings. The number of hydrogen-bond donors (Lipinski definition) is 0. The quantitative estimate of drug-likeness (QED) is 0.423. The second-order valence-electron chi connectivity index (χ2n) is 4.20. The minimum atomic E-state index is 0.0516. The molecular weight excluding hydrogens is 180 g/mol. The number of ether oxygens (including phenoxy) is 3. The molecule has 0 aromatic heterocycles. The standard InChI is InChI=1S/C11H22O3/c1-11(10-14-11)9-13-8-6-4-3-5-7-12-2/h3-10H2,1-2H3. The molecule has 14 heavy (non-hydrogen) atoms. The van der Waals surface area contributed by atoms with E-state index in [0.717, 1.165) is 39.3 Å². The molecule has 1 aliphatic rings. The maximum Gasteiger partial charge on any atom is 0.112 e. The molecule has 0 saturated carbocycles. The van der Waals surface area contributed by atoms with Crippen LogP contribution in [0, 0.1) is 0 Å². The summed E-state index contributed by atoms with van der Waals surface area (Å²) in [5.74, 6) is 0. The van der Waals surface area contributed by atoms with Gasteiger partial charge in [0.1, 0.15) is 5.60 Å². The van der Waals surface area contributed by atoms with Crippen molar-refractivity contribution in [2.75, 3.05) is 33.5 Å². The van der Waals surface area contributed by atoms with Gasteiger partial charge in [-0.15, -0.1) is 0 Å². The highest BCUT2D eigenvalue weighted by Gasteiger charge is 2.39. The molecule has 0 amide bonds. The molecule has 0 bridgehead atoms. The van der Waals surface area contributed by atoms with Crippen molar-refractivity contribution in [3.8, 4) is 0 Å². The van der Waals surface area contributed by atoms with Crippen molar-refractivity contribution in [1.29, 1.82) is 0 Å². The lowest BCUT2D eigenvalue weighted by Gasteiger charge is -2.06. The summed E-state index contributed by atoms with van der Waals surface area (Å²) < 4.78 is 15.7. The Kier molecular flexibility index (Phi) is 5.45. The lowest BCUT2D eigenvalue weighted by molar-refractivity contribution is 0.0822. The fourth-order valence-electron chi connectivity index (χ4n) is 1.30.